The predicted molar refractivity (Wildman–Crippen MR) is 75.8 cm³/mol. The average molecular weight is 337 g/mol. The van der Waals surface area contributed by atoms with E-state index in [4.69, 9.17) is 0 Å². The van der Waals surface area contributed by atoms with Gasteiger partial charge in [0.1, 0.15) is 5.78 Å². The molecule has 0 heterocycles. The summed E-state index contributed by atoms with van der Waals surface area (Å²) in [7, 11) is -3.96. The van der Waals surface area contributed by atoms with Crippen LogP contribution in [0.2, 0.25) is 0 Å². The number of sulfonamides is 1. The number of unbranched alkanes of at least 4 members (excludes halogenated alkanes) is 2. The summed E-state index contributed by atoms with van der Waals surface area (Å²) in [5, 5.41) is 0. The number of alkyl halides is 3. The molecule has 4 nitrogen and oxygen atoms in total. The van der Waals surface area contributed by atoms with E-state index in [2.05, 4.69) is 4.72 Å². The van der Waals surface area contributed by atoms with E-state index >= 15 is 0 Å². The normalized spacial score (nSPS) is 12.4. The highest BCUT2D eigenvalue weighted by Gasteiger charge is 2.31. The lowest BCUT2D eigenvalue weighted by Gasteiger charge is -2.10. The number of hydrogen-bond acceptors (Lipinski definition) is 3. The average Bonchev–Trinajstić information content (AvgIpc) is 2.41. The molecule has 0 aliphatic heterocycles. The Kier molecular flexibility index (Phi) is 6.55. The van der Waals surface area contributed by atoms with Crippen LogP contribution in [0.25, 0.3) is 0 Å². The molecule has 0 saturated heterocycles. The van der Waals surface area contributed by atoms with Gasteiger partial charge in [-0.3, -0.25) is 0 Å². The Morgan fingerprint density at radius 1 is 1.18 bits per heavy atom. The summed E-state index contributed by atoms with van der Waals surface area (Å²) in [5.74, 6) is 0.0737. The summed E-state index contributed by atoms with van der Waals surface area (Å²) in [5.41, 5.74) is -1.00. The molecular formula is C14H18F3NO3S. The highest BCUT2D eigenvalue weighted by molar-refractivity contribution is 7.89. The van der Waals surface area contributed by atoms with Crippen molar-refractivity contribution < 1.29 is 26.4 Å². The third-order valence-electron chi connectivity index (χ3n) is 2.97. The van der Waals surface area contributed by atoms with Crippen molar-refractivity contribution in [1.29, 1.82) is 0 Å². The Morgan fingerprint density at radius 3 is 2.45 bits per heavy atom. The summed E-state index contributed by atoms with van der Waals surface area (Å²) in [4.78, 5) is 10.3. The van der Waals surface area contributed by atoms with E-state index < -0.39 is 26.7 Å². The van der Waals surface area contributed by atoms with E-state index in [9.17, 15) is 26.4 Å². The zero-order valence-corrected chi connectivity index (χ0v) is 12.9. The number of nitrogens with one attached hydrogen (secondary N) is 1. The molecule has 124 valence electrons. The van der Waals surface area contributed by atoms with Crippen LogP contribution >= 0.6 is 0 Å². The van der Waals surface area contributed by atoms with Gasteiger partial charge in [0, 0.05) is 13.0 Å². The minimum Gasteiger partial charge on any atom is -0.300 e. The highest BCUT2D eigenvalue weighted by Crippen LogP contribution is 2.30. The number of carbonyl (C=O) groups is 1. The van der Waals surface area contributed by atoms with Crippen LogP contribution in [0.3, 0.4) is 0 Å². The van der Waals surface area contributed by atoms with Gasteiger partial charge in [-0.1, -0.05) is 12.5 Å². The van der Waals surface area contributed by atoms with Crippen molar-refractivity contribution in [2.45, 2.75) is 43.7 Å². The second-order valence-electron chi connectivity index (χ2n) is 4.94. The lowest BCUT2D eigenvalue weighted by molar-refractivity contribution is -0.137. The molecule has 0 saturated carbocycles. The molecule has 0 aromatic heterocycles. The molecule has 0 aliphatic carbocycles. The molecule has 0 amide bonds. The van der Waals surface area contributed by atoms with Crippen molar-refractivity contribution >= 4 is 15.8 Å². The summed E-state index contributed by atoms with van der Waals surface area (Å²) in [6.07, 6.45) is -2.28. The third-order valence-corrected chi connectivity index (χ3v) is 4.43. The molecule has 1 rings (SSSR count). The smallest absolute Gasteiger partial charge is 0.300 e. The Morgan fingerprint density at radius 2 is 1.86 bits per heavy atom. The van der Waals surface area contributed by atoms with E-state index in [0.29, 0.717) is 31.7 Å². The fraction of sp³-hybridized carbons (Fsp3) is 0.500. The van der Waals surface area contributed by atoms with E-state index in [1.807, 2.05) is 0 Å². The molecule has 1 aromatic carbocycles. The van der Waals surface area contributed by atoms with Crippen molar-refractivity contribution in [2.24, 2.45) is 0 Å². The fourth-order valence-corrected chi connectivity index (χ4v) is 2.92. The summed E-state index contributed by atoms with van der Waals surface area (Å²) >= 11 is 0. The predicted octanol–water partition coefficient (Wildman–Crippen LogP) is 3.13. The molecular weight excluding hydrogens is 319 g/mol. The minimum atomic E-state index is -4.59. The number of ketones is 1. The highest BCUT2D eigenvalue weighted by atomic mass is 32.2. The number of Topliss-reactive ketones (excluding diaryl/α,β-unsaturated/α-hetero) is 1. The van der Waals surface area contributed by atoms with Gasteiger partial charge in [0.05, 0.1) is 10.5 Å². The molecule has 1 aromatic rings. The van der Waals surface area contributed by atoms with Crippen molar-refractivity contribution in [3.63, 3.8) is 0 Å². The molecule has 0 atom stereocenters. The van der Waals surface area contributed by atoms with Gasteiger partial charge in [-0.15, -0.1) is 0 Å². The second-order valence-corrected chi connectivity index (χ2v) is 6.70. The zero-order chi connectivity index (χ0) is 16.8. The van der Waals surface area contributed by atoms with Gasteiger partial charge >= 0.3 is 6.18 Å². The Bertz CT molecular complexity index is 612. The van der Waals surface area contributed by atoms with E-state index in [-0.39, 0.29) is 12.3 Å². The maximum absolute atomic E-state index is 12.6. The SMILES string of the molecule is CC(=O)CCCCCNS(=O)(=O)c1cccc(C(F)(F)F)c1. The first-order valence-corrected chi connectivity index (χ1v) is 8.27. The molecule has 0 aliphatic rings. The van der Waals surface area contributed by atoms with E-state index in [1.54, 1.807) is 0 Å². The van der Waals surface area contributed by atoms with Crippen molar-refractivity contribution in [3.8, 4) is 0 Å². The van der Waals surface area contributed by atoms with Gasteiger partial charge in [-0.05, 0) is 38.0 Å². The summed E-state index contributed by atoms with van der Waals surface area (Å²) < 4.78 is 63.8. The van der Waals surface area contributed by atoms with Crippen LogP contribution in [0.4, 0.5) is 13.2 Å². The first-order chi connectivity index (χ1) is 10.1. The minimum absolute atomic E-state index is 0.0737. The van der Waals surface area contributed by atoms with Crippen LogP contribution in [0.5, 0.6) is 0 Å². The van der Waals surface area contributed by atoms with Crippen molar-refractivity contribution in [1.82, 2.24) is 4.72 Å². The maximum atomic E-state index is 12.6. The molecule has 0 unspecified atom stereocenters. The molecule has 1 N–H and O–H groups in total. The van der Waals surface area contributed by atoms with Crippen LogP contribution < -0.4 is 4.72 Å². The maximum Gasteiger partial charge on any atom is 0.416 e. The quantitative estimate of drug-likeness (QED) is 0.741. The van der Waals surface area contributed by atoms with Crippen LogP contribution in [-0.2, 0) is 21.0 Å². The van der Waals surface area contributed by atoms with Crippen molar-refractivity contribution in [3.05, 3.63) is 29.8 Å². The molecule has 0 radical (unpaired) electrons. The fourth-order valence-electron chi connectivity index (χ4n) is 1.81. The summed E-state index contributed by atoms with van der Waals surface area (Å²) in [6, 6.07) is 3.61. The zero-order valence-electron chi connectivity index (χ0n) is 12.1. The van der Waals surface area contributed by atoms with Gasteiger partial charge in [0.15, 0.2) is 0 Å². The van der Waals surface area contributed by atoms with Gasteiger partial charge < -0.3 is 4.79 Å². The lowest BCUT2D eigenvalue weighted by Crippen LogP contribution is -2.25. The Labute approximate surface area is 127 Å². The molecule has 0 bridgehead atoms. The van der Waals surface area contributed by atoms with Gasteiger partial charge in [-0.25, -0.2) is 13.1 Å². The third kappa shape index (κ3) is 6.15. The number of hydrogen-bond donors (Lipinski definition) is 1. The monoisotopic (exact) mass is 337 g/mol. The largest absolute Gasteiger partial charge is 0.416 e. The van der Waals surface area contributed by atoms with Crippen LogP contribution in [0, 0.1) is 0 Å². The Balaban J connectivity index is 2.58. The van der Waals surface area contributed by atoms with Crippen LogP contribution in [0.1, 0.15) is 38.2 Å². The number of halogens is 3. The molecule has 8 heteroatoms. The first kappa shape index (κ1) is 18.6. The van der Waals surface area contributed by atoms with Gasteiger partial charge in [0.25, 0.3) is 0 Å². The topological polar surface area (TPSA) is 63.2 Å². The van der Waals surface area contributed by atoms with Gasteiger partial charge in [-0.2, -0.15) is 13.2 Å². The first-order valence-electron chi connectivity index (χ1n) is 6.79. The van der Waals surface area contributed by atoms with Gasteiger partial charge in [0.2, 0.25) is 10.0 Å². The number of benzene rings is 1. The molecule has 0 spiro atoms. The standard InChI is InChI=1S/C14H18F3NO3S/c1-11(19)6-3-2-4-9-18-22(20,21)13-8-5-7-12(10-13)14(15,16)17/h5,7-8,10,18H,2-4,6,9H2,1H3. The molecule has 22 heavy (non-hydrogen) atoms. The molecule has 0 fully saturated rings. The van der Waals surface area contributed by atoms with Crippen LogP contribution in [0.15, 0.2) is 29.2 Å². The van der Waals surface area contributed by atoms with Crippen molar-refractivity contribution in [2.75, 3.05) is 6.54 Å². The van der Waals surface area contributed by atoms with E-state index in [1.165, 1.54) is 6.92 Å². The van der Waals surface area contributed by atoms with Crippen LogP contribution in [-0.4, -0.2) is 20.7 Å². The lowest BCUT2D eigenvalue weighted by atomic mass is 10.1. The number of rotatable bonds is 8. The van der Waals surface area contributed by atoms with E-state index in [0.717, 1.165) is 18.2 Å². The Hall–Kier alpha value is -1.41. The second kappa shape index (κ2) is 7.73. The number of carbonyl (C=O) groups excluding carboxylic acids is 1. The summed E-state index contributed by atoms with van der Waals surface area (Å²) in [6.45, 7) is 1.60.